The zero-order chi connectivity index (χ0) is 19.9. The van der Waals surface area contributed by atoms with E-state index in [0.29, 0.717) is 28.9 Å². The molecule has 3 rings (SSSR count). The molecule has 3 aromatic rings. The van der Waals surface area contributed by atoms with Gasteiger partial charge in [0, 0.05) is 18.5 Å². The number of hydrazine groups is 1. The molecule has 0 atom stereocenters. The minimum Gasteiger partial charge on any atom is -0.354 e. The number of nitrogens with zero attached hydrogens (tertiary/aromatic N) is 3. The Kier molecular flexibility index (Phi) is 6.59. The number of anilines is 1. The SMILES string of the molecule is CC(=O)N(CCON(C=O)c1noc2ccccc12)NCc1ccccc1Cl. The Morgan fingerprint density at radius 1 is 1.25 bits per heavy atom. The van der Waals surface area contributed by atoms with Crippen LogP contribution in [0.25, 0.3) is 11.0 Å². The molecule has 2 aromatic carbocycles. The van der Waals surface area contributed by atoms with Crippen molar-refractivity contribution in [2.75, 3.05) is 18.2 Å². The number of amides is 2. The highest BCUT2D eigenvalue weighted by atomic mass is 35.5. The van der Waals surface area contributed by atoms with Gasteiger partial charge in [-0.05, 0) is 23.8 Å². The first-order chi connectivity index (χ1) is 13.6. The van der Waals surface area contributed by atoms with Gasteiger partial charge < -0.3 is 4.52 Å². The highest BCUT2D eigenvalue weighted by Crippen LogP contribution is 2.25. The van der Waals surface area contributed by atoms with Gasteiger partial charge >= 0.3 is 0 Å². The van der Waals surface area contributed by atoms with Gasteiger partial charge in [-0.25, -0.2) is 5.43 Å². The Morgan fingerprint density at radius 3 is 2.75 bits per heavy atom. The molecule has 2 amide bonds. The molecular formula is C19H19ClN4O4. The highest BCUT2D eigenvalue weighted by molar-refractivity contribution is 6.31. The number of carbonyl (C=O) groups excluding carboxylic acids is 2. The first-order valence-electron chi connectivity index (χ1n) is 8.57. The standard InChI is InChI=1S/C19H19ClN4O4/c1-14(26)23(21-12-15-6-2-4-8-17(15)20)10-11-27-24(13-25)19-16-7-3-5-9-18(16)28-22-19/h2-9,13,21H,10-12H2,1H3. The van der Waals surface area contributed by atoms with Crippen molar-refractivity contribution >= 4 is 40.7 Å². The average Bonchev–Trinajstić information content (AvgIpc) is 3.12. The Balaban J connectivity index is 1.58. The van der Waals surface area contributed by atoms with Crippen molar-refractivity contribution in [2.45, 2.75) is 13.5 Å². The van der Waals surface area contributed by atoms with E-state index < -0.39 is 0 Å². The van der Waals surface area contributed by atoms with Crippen molar-refractivity contribution in [1.29, 1.82) is 0 Å². The summed E-state index contributed by atoms with van der Waals surface area (Å²) in [7, 11) is 0. The normalized spacial score (nSPS) is 10.8. The van der Waals surface area contributed by atoms with Crippen LogP contribution in [-0.2, 0) is 21.0 Å². The van der Waals surface area contributed by atoms with E-state index in [2.05, 4.69) is 10.6 Å². The third-order valence-electron chi connectivity index (χ3n) is 4.01. The molecule has 1 heterocycles. The predicted molar refractivity (Wildman–Crippen MR) is 104 cm³/mol. The van der Waals surface area contributed by atoms with Gasteiger partial charge in [0.05, 0.1) is 18.5 Å². The van der Waals surface area contributed by atoms with Crippen LogP contribution in [-0.4, -0.2) is 35.6 Å². The van der Waals surface area contributed by atoms with Crippen molar-refractivity contribution in [3.05, 3.63) is 59.1 Å². The van der Waals surface area contributed by atoms with E-state index in [0.717, 1.165) is 10.6 Å². The number of hydrogen-bond donors (Lipinski definition) is 1. The van der Waals surface area contributed by atoms with E-state index in [-0.39, 0.29) is 24.9 Å². The van der Waals surface area contributed by atoms with Gasteiger partial charge in [-0.1, -0.05) is 47.1 Å². The fourth-order valence-corrected chi connectivity index (χ4v) is 2.78. The molecule has 0 fully saturated rings. The molecule has 0 bridgehead atoms. The van der Waals surface area contributed by atoms with Gasteiger partial charge in [-0.2, -0.15) is 5.06 Å². The minimum atomic E-state index is -0.194. The van der Waals surface area contributed by atoms with Crippen molar-refractivity contribution in [3.8, 4) is 0 Å². The summed E-state index contributed by atoms with van der Waals surface area (Å²) < 4.78 is 5.18. The summed E-state index contributed by atoms with van der Waals surface area (Å²) in [5.74, 6) is 0.0594. The Hall–Kier alpha value is -2.94. The monoisotopic (exact) mass is 402 g/mol. The Bertz CT molecular complexity index is 962. The molecule has 0 saturated heterocycles. The first-order valence-corrected chi connectivity index (χ1v) is 8.95. The molecule has 0 spiro atoms. The summed E-state index contributed by atoms with van der Waals surface area (Å²) in [6, 6.07) is 14.5. The summed E-state index contributed by atoms with van der Waals surface area (Å²) in [6.07, 6.45) is 0.500. The summed E-state index contributed by atoms with van der Waals surface area (Å²) in [5, 5.41) is 7.51. The predicted octanol–water partition coefficient (Wildman–Crippen LogP) is 2.93. The molecule has 28 heavy (non-hydrogen) atoms. The summed E-state index contributed by atoms with van der Waals surface area (Å²) in [4.78, 5) is 28.8. The quantitative estimate of drug-likeness (QED) is 0.437. The van der Waals surface area contributed by atoms with Crippen LogP contribution in [0, 0.1) is 0 Å². The molecule has 0 aliphatic rings. The fourth-order valence-electron chi connectivity index (χ4n) is 2.57. The van der Waals surface area contributed by atoms with Gasteiger partial charge in [0.1, 0.15) is 0 Å². The molecule has 0 radical (unpaired) electrons. The van der Waals surface area contributed by atoms with E-state index in [4.69, 9.17) is 21.0 Å². The third-order valence-corrected chi connectivity index (χ3v) is 4.38. The molecule has 8 nitrogen and oxygen atoms in total. The Morgan fingerprint density at radius 2 is 2.00 bits per heavy atom. The summed E-state index contributed by atoms with van der Waals surface area (Å²) in [5.41, 5.74) is 4.41. The number of halogens is 1. The topological polar surface area (TPSA) is 87.9 Å². The number of benzene rings is 2. The van der Waals surface area contributed by atoms with E-state index in [1.165, 1.54) is 11.9 Å². The molecule has 0 aliphatic heterocycles. The highest BCUT2D eigenvalue weighted by Gasteiger charge is 2.17. The first kappa shape index (κ1) is 19.8. The van der Waals surface area contributed by atoms with Crippen molar-refractivity contribution in [3.63, 3.8) is 0 Å². The minimum absolute atomic E-state index is 0.0645. The second-order valence-electron chi connectivity index (χ2n) is 5.86. The smallest absolute Gasteiger partial charge is 0.239 e. The fraction of sp³-hybridized carbons (Fsp3) is 0.211. The number of hydrogen-bond acceptors (Lipinski definition) is 6. The lowest BCUT2D eigenvalue weighted by atomic mass is 10.2. The third kappa shape index (κ3) is 4.66. The number of para-hydroxylation sites is 1. The van der Waals surface area contributed by atoms with E-state index in [1.807, 2.05) is 24.3 Å². The van der Waals surface area contributed by atoms with Gasteiger partial charge in [0.25, 0.3) is 0 Å². The van der Waals surface area contributed by atoms with Gasteiger partial charge in [0.2, 0.25) is 18.1 Å². The molecule has 9 heteroatoms. The maximum atomic E-state index is 11.9. The molecular weight excluding hydrogens is 384 g/mol. The number of aromatic nitrogens is 1. The van der Waals surface area contributed by atoms with Crippen LogP contribution in [0.3, 0.4) is 0 Å². The number of hydroxylamine groups is 1. The maximum Gasteiger partial charge on any atom is 0.239 e. The van der Waals surface area contributed by atoms with Crippen LogP contribution in [0.1, 0.15) is 12.5 Å². The lowest BCUT2D eigenvalue weighted by Gasteiger charge is -2.23. The molecule has 1 aromatic heterocycles. The maximum absolute atomic E-state index is 11.9. The Labute approximate surface area is 166 Å². The second kappa shape index (κ2) is 9.32. The van der Waals surface area contributed by atoms with Crippen molar-refractivity contribution < 1.29 is 18.9 Å². The molecule has 0 unspecified atom stereocenters. The lowest BCUT2D eigenvalue weighted by Crippen LogP contribution is -2.44. The van der Waals surface area contributed by atoms with Crippen LogP contribution in [0.2, 0.25) is 5.02 Å². The average molecular weight is 403 g/mol. The van der Waals surface area contributed by atoms with Crippen LogP contribution in [0.4, 0.5) is 5.82 Å². The van der Waals surface area contributed by atoms with Crippen LogP contribution < -0.4 is 10.5 Å². The molecule has 1 N–H and O–H groups in total. The molecule has 0 saturated carbocycles. The molecule has 0 aliphatic carbocycles. The number of carbonyl (C=O) groups is 2. The van der Waals surface area contributed by atoms with Gasteiger partial charge in [-0.15, -0.1) is 0 Å². The number of fused-ring (bicyclic) bond motifs is 1. The van der Waals surface area contributed by atoms with E-state index in [9.17, 15) is 9.59 Å². The van der Waals surface area contributed by atoms with Crippen molar-refractivity contribution in [1.82, 2.24) is 15.6 Å². The van der Waals surface area contributed by atoms with E-state index >= 15 is 0 Å². The van der Waals surface area contributed by atoms with Crippen LogP contribution >= 0.6 is 11.6 Å². The van der Waals surface area contributed by atoms with Crippen LogP contribution in [0.15, 0.2) is 53.1 Å². The largest absolute Gasteiger partial charge is 0.354 e. The zero-order valence-corrected chi connectivity index (χ0v) is 15.9. The summed E-state index contributed by atoms with van der Waals surface area (Å²) >= 11 is 6.13. The second-order valence-corrected chi connectivity index (χ2v) is 6.27. The summed E-state index contributed by atoms with van der Waals surface area (Å²) in [6.45, 7) is 2.09. The van der Waals surface area contributed by atoms with Gasteiger partial charge in [-0.3, -0.25) is 19.4 Å². The van der Waals surface area contributed by atoms with Gasteiger partial charge in [0.15, 0.2) is 5.58 Å². The zero-order valence-electron chi connectivity index (χ0n) is 15.2. The molecule has 146 valence electrons. The number of nitrogens with one attached hydrogen (secondary N) is 1. The van der Waals surface area contributed by atoms with E-state index in [1.54, 1.807) is 24.3 Å². The van der Waals surface area contributed by atoms with Crippen molar-refractivity contribution in [2.24, 2.45) is 0 Å². The lowest BCUT2D eigenvalue weighted by molar-refractivity contribution is -0.133. The number of rotatable bonds is 9. The van der Waals surface area contributed by atoms with Crippen LogP contribution in [0.5, 0.6) is 0 Å².